The number of nitrogens with one attached hydrogen (secondary N) is 1. The van der Waals surface area contributed by atoms with Gasteiger partial charge in [0.1, 0.15) is 0 Å². The lowest BCUT2D eigenvalue weighted by Gasteiger charge is -2.08. The minimum absolute atomic E-state index is 0.295. The number of hydrogen-bond acceptors (Lipinski definition) is 3. The number of unbranched alkanes of at least 4 members (excludes halogenated alkanes) is 2. The van der Waals surface area contributed by atoms with E-state index < -0.39 is 0 Å². The van der Waals surface area contributed by atoms with Crippen molar-refractivity contribution in [2.75, 3.05) is 19.7 Å². The van der Waals surface area contributed by atoms with E-state index in [0.29, 0.717) is 13.2 Å². The second-order valence-electron chi connectivity index (χ2n) is 4.47. The Morgan fingerprint density at radius 2 is 2.39 bits per heavy atom. The summed E-state index contributed by atoms with van der Waals surface area (Å²) in [5.41, 5.74) is 1.34. The second-order valence-corrected chi connectivity index (χ2v) is 4.47. The molecule has 0 unspecified atom stereocenters. The van der Waals surface area contributed by atoms with E-state index in [2.05, 4.69) is 23.3 Å². The zero-order valence-corrected chi connectivity index (χ0v) is 11.3. The Hall–Kier alpha value is -1.32. The van der Waals surface area contributed by atoms with Gasteiger partial charge in [-0.2, -0.15) is 0 Å². The lowest BCUT2D eigenvalue weighted by Crippen LogP contribution is -2.25. The highest BCUT2D eigenvalue weighted by molar-refractivity contribution is 5.67. The first-order chi connectivity index (χ1) is 8.83. The minimum atomic E-state index is -0.295. The lowest BCUT2D eigenvalue weighted by molar-refractivity contribution is 0.147. The maximum absolute atomic E-state index is 11.3. The van der Waals surface area contributed by atoms with E-state index in [9.17, 15) is 4.79 Å². The number of alkyl carbamates (subject to hydrolysis) is 1. The fourth-order valence-corrected chi connectivity index (χ4v) is 1.82. The predicted octanol–water partition coefficient (Wildman–Crippen LogP) is 3.08. The van der Waals surface area contributed by atoms with E-state index in [1.54, 1.807) is 0 Å². The molecule has 0 aromatic carbocycles. The molecule has 4 nitrogen and oxygen atoms in total. The molecule has 0 fully saturated rings. The molecule has 0 saturated carbocycles. The highest BCUT2D eigenvalue weighted by Gasteiger charge is 2.03. The summed E-state index contributed by atoms with van der Waals surface area (Å²) in [6.45, 7) is 4.08. The summed E-state index contributed by atoms with van der Waals surface area (Å²) in [7, 11) is 0. The highest BCUT2D eigenvalue weighted by atomic mass is 16.5. The number of carbonyl (C=O) groups is 1. The summed E-state index contributed by atoms with van der Waals surface area (Å²) in [6, 6.07) is 0. The molecule has 102 valence electrons. The topological polar surface area (TPSA) is 50.7 Å². The van der Waals surface area contributed by atoms with Crippen LogP contribution < -0.4 is 5.32 Å². The number of hydrogen-bond donors (Lipinski definition) is 1. The third kappa shape index (κ3) is 7.09. The molecule has 1 aliphatic rings. The van der Waals surface area contributed by atoms with Crippen molar-refractivity contribution >= 4 is 12.3 Å². The molecule has 1 rings (SSSR count). The van der Waals surface area contributed by atoms with Crippen LogP contribution in [-0.2, 0) is 4.74 Å². The van der Waals surface area contributed by atoms with Crippen LogP contribution in [0.5, 0.6) is 0 Å². The Bertz CT molecular complexity index is 298. The van der Waals surface area contributed by atoms with Crippen molar-refractivity contribution in [3.8, 4) is 0 Å². The number of amides is 1. The molecule has 4 heteroatoms. The van der Waals surface area contributed by atoms with Gasteiger partial charge in [-0.05, 0) is 25.5 Å². The molecule has 0 radical (unpaired) electrons. The van der Waals surface area contributed by atoms with Crippen LogP contribution in [0.1, 0.15) is 45.4 Å². The van der Waals surface area contributed by atoms with Crippen LogP contribution in [0.25, 0.3) is 0 Å². The van der Waals surface area contributed by atoms with Gasteiger partial charge in [-0.1, -0.05) is 31.4 Å². The van der Waals surface area contributed by atoms with Crippen LogP contribution in [0.2, 0.25) is 0 Å². The quantitative estimate of drug-likeness (QED) is 0.559. The van der Waals surface area contributed by atoms with Crippen molar-refractivity contribution in [1.29, 1.82) is 0 Å². The van der Waals surface area contributed by atoms with E-state index in [1.807, 2.05) is 6.21 Å². The van der Waals surface area contributed by atoms with Crippen molar-refractivity contribution in [3.63, 3.8) is 0 Å². The molecule has 18 heavy (non-hydrogen) atoms. The maximum atomic E-state index is 11.3. The Kier molecular flexibility index (Phi) is 7.93. The summed E-state index contributed by atoms with van der Waals surface area (Å²) in [5.74, 6) is 0. The van der Waals surface area contributed by atoms with Crippen molar-refractivity contribution in [3.05, 3.63) is 11.6 Å². The Balaban J connectivity index is 2.02. The third-order valence-electron chi connectivity index (χ3n) is 2.92. The summed E-state index contributed by atoms with van der Waals surface area (Å²) in [5, 5.41) is 2.76. The van der Waals surface area contributed by atoms with Gasteiger partial charge in [0.2, 0.25) is 0 Å². The summed E-state index contributed by atoms with van der Waals surface area (Å²) < 4.78 is 5.13. The van der Waals surface area contributed by atoms with E-state index in [0.717, 1.165) is 45.1 Å². The van der Waals surface area contributed by atoms with Crippen LogP contribution in [0, 0.1) is 0 Å². The lowest BCUT2D eigenvalue weighted by atomic mass is 10.1. The van der Waals surface area contributed by atoms with Crippen molar-refractivity contribution in [2.45, 2.75) is 45.4 Å². The summed E-state index contributed by atoms with van der Waals surface area (Å²) in [6.07, 6.45) is 9.98. The van der Waals surface area contributed by atoms with Crippen molar-refractivity contribution < 1.29 is 9.53 Å². The van der Waals surface area contributed by atoms with Gasteiger partial charge in [0.05, 0.1) is 13.2 Å². The Morgan fingerprint density at radius 3 is 3.22 bits per heavy atom. The average Bonchev–Trinajstić information content (AvgIpc) is 2.63. The van der Waals surface area contributed by atoms with E-state index in [4.69, 9.17) is 4.74 Å². The highest BCUT2D eigenvalue weighted by Crippen LogP contribution is 2.11. The van der Waals surface area contributed by atoms with Crippen molar-refractivity contribution in [2.24, 2.45) is 4.99 Å². The second kappa shape index (κ2) is 9.68. The molecule has 1 N–H and O–H groups in total. The predicted molar refractivity (Wildman–Crippen MR) is 74.2 cm³/mol. The van der Waals surface area contributed by atoms with Crippen LogP contribution in [0.15, 0.2) is 16.6 Å². The van der Waals surface area contributed by atoms with Crippen LogP contribution in [-0.4, -0.2) is 32.0 Å². The Morgan fingerprint density at radius 1 is 1.50 bits per heavy atom. The smallest absolute Gasteiger partial charge is 0.407 e. The maximum Gasteiger partial charge on any atom is 0.407 e. The molecular weight excluding hydrogens is 228 g/mol. The first kappa shape index (κ1) is 14.7. The first-order valence-electron chi connectivity index (χ1n) is 6.89. The monoisotopic (exact) mass is 252 g/mol. The molecule has 0 atom stereocenters. The van der Waals surface area contributed by atoms with Gasteiger partial charge in [0, 0.05) is 13.0 Å². The standard InChI is InChI=1S/C14H24N2O2/c1-2-3-4-10-16-14(17)18-12-8-13-6-5-9-15-11-7-13/h7,9H,2-6,8,10-12H2,1H3,(H,16,17). The molecule has 0 aliphatic carbocycles. The zero-order chi connectivity index (χ0) is 13.1. The van der Waals surface area contributed by atoms with Gasteiger partial charge in [-0.25, -0.2) is 4.79 Å². The largest absolute Gasteiger partial charge is 0.449 e. The number of rotatable bonds is 7. The molecule has 0 saturated heterocycles. The first-order valence-corrected chi connectivity index (χ1v) is 6.89. The van der Waals surface area contributed by atoms with Crippen LogP contribution in [0.4, 0.5) is 4.79 Å². The van der Waals surface area contributed by atoms with Gasteiger partial charge in [-0.3, -0.25) is 4.99 Å². The average molecular weight is 252 g/mol. The van der Waals surface area contributed by atoms with Gasteiger partial charge in [0.25, 0.3) is 0 Å². The van der Waals surface area contributed by atoms with Crippen LogP contribution in [0.3, 0.4) is 0 Å². The molecule has 1 aliphatic heterocycles. The summed E-state index contributed by atoms with van der Waals surface area (Å²) >= 11 is 0. The molecule has 1 heterocycles. The van der Waals surface area contributed by atoms with E-state index in [1.165, 1.54) is 5.57 Å². The molecule has 1 amide bonds. The van der Waals surface area contributed by atoms with Gasteiger partial charge in [-0.15, -0.1) is 0 Å². The minimum Gasteiger partial charge on any atom is -0.449 e. The van der Waals surface area contributed by atoms with Crippen LogP contribution >= 0.6 is 0 Å². The third-order valence-corrected chi connectivity index (χ3v) is 2.92. The molecule has 0 spiro atoms. The van der Waals surface area contributed by atoms with E-state index in [-0.39, 0.29) is 6.09 Å². The fourth-order valence-electron chi connectivity index (χ4n) is 1.82. The summed E-state index contributed by atoms with van der Waals surface area (Å²) in [4.78, 5) is 15.5. The normalized spacial score (nSPS) is 14.8. The Labute approximate surface area is 110 Å². The SMILES string of the molecule is CCCCCNC(=O)OCCC1=CCN=CCC1. The van der Waals surface area contributed by atoms with Crippen molar-refractivity contribution in [1.82, 2.24) is 5.32 Å². The van der Waals surface area contributed by atoms with Gasteiger partial charge in [0.15, 0.2) is 0 Å². The van der Waals surface area contributed by atoms with Gasteiger partial charge < -0.3 is 10.1 Å². The van der Waals surface area contributed by atoms with E-state index >= 15 is 0 Å². The fraction of sp³-hybridized carbons (Fsp3) is 0.714. The number of nitrogens with zero attached hydrogens (tertiary/aromatic N) is 1. The number of carbonyl (C=O) groups excluding carboxylic acids is 1. The van der Waals surface area contributed by atoms with Gasteiger partial charge >= 0.3 is 6.09 Å². The zero-order valence-electron chi connectivity index (χ0n) is 11.3. The molecule has 0 aromatic heterocycles. The molecular formula is C14H24N2O2. The number of aliphatic imine (C=N–C) groups is 1. The number of ether oxygens (including phenoxy) is 1. The molecule has 0 aromatic rings. The molecule has 0 bridgehead atoms.